The molecule has 1 heterocycles. The van der Waals surface area contributed by atoms with E-state index >= 15 is 0 Å². The lowest BCUT2D eigenvalue weighted by atomic mass is 10.3. The third-order valence-electron chi connectivity index (χ3n) is 3.75. The summed E-state index contributed by atoms with van der Waals surface area (Å²) in [6.07, 6.45) is 2.12. The highest BCUT2D eigenvalue weighted by Gasteiger charge is 2.32. The second-order valence-electron chi connectivity index (χ2n) is 5.79. The quantitative estimate of drug-likeness (QED) is 0.732. The van der Waals surface area contributed by atoms with Crippen molar-refractivity contribution in [2.24, 2.45) is 0 Å². The first-order chi connectivity index (χ1) is 12.1. The third-order valence-corrected chi connectivity index (χ3v) is 5.17. The van der Waals surface area contributed by atoms with Gasteiger partial charge in [-0.05, 0) is 31.9 Å². The number of hydrogen-bond acceptors (Lipinski definition) is 4. The fourth-order valence-corrected chi connectivity index (χ4v) is 3.43. The average molecular weight is 400 g/mol. The molecule has 2 amide bonds. The zero-order chi connectivity index (χ0) is 17.8. The number of nitrogens with zero attached hydrogens (tertiary/aromatic N) is 2. The molecule has 0 radical (unpaired) electrons. The number of urea groups is 1. The second-order valence-corrected chi connectivity index (χ2v) is 7.58. The molecule has 1 fully saturated rings. The first kappa shape index (κ1) is 18.3. The fraction of sp³-hybridized carbons (Fsp3) is 0.412. The standard InChI is InChI=1S/C17H19Cl2N3O2S/c1-2-20-17(23)22(13-4-5-13)8-12-10-25-16(21-12)9-24-15-7-11(18)3-6-14(15)19/h3,6-7,10,13H,2,4-5,8-9H2,1H3,(H,20,23). The topological polar surface area (TPSA) is 54.5 Å². The summed E-state index contributed by atoms with van der Waals surface area (Å²) in [6.45, 7) is 3.38. The first-order valence-electron chi connectivity index (χ1n) is 8.12. The zero-order valence-corrected chi connectivity index (χ0v) is 16.1. The summed E-state index contributed by atoms with van der Waals surface area (Å²) in [5.41, 5.74) is 0.874. The average Bonchev–Trinajstić information content (AvgIpc) is 3.33. The summed E-state index contributed by atoms with van der Waals surface area (Å²) >= 11 is 13.6. The lowest BCUT2D eigenvalue weighted by Crippen LogP contribution is -2.40. The highest BCUT2D eigenvalue weighted by Crippen LogP contribution is 2.30. The lowest BCUT2D eigenvalue weighted by molar-refractivity contribution is 0.192. The predicted octanol–water partition coefficient (Wildman–Crippen LogP) is 4.72. The van der Waals surface area contributed by atoms with E-state index in [1.54, 1.807) is 18.2 Å². The number of aromatic nitrogens is 1. The Kier molecular flexibility index (Phi) is 6.04. The van der Waals surface area contributed by atoms with Crippen LogP contribution in [0.15, 0.2) is 23.6 Å². The SMILES string of the molecule is CCNC(=O)N(Cc1csc(COc2cc(Cl)ccc2Cl)n1)C1CC1. The molecular weight excluding hydrogens is 381 g/mol. The van der Waals surface area contributed by atoms with Gasteiger partial charge in [-0.3, -0.25) is 0 Å². The lowest BCUT2D eigenvalue weighted by Gasteiger charge is -2.21. The van der Waals surface area contributed by atoms with E-state index in [4.69, 9.17) is 27.9 Å². The number of halogens is 2. The van der Waals surface area contributed by atoms with Gasteiger partial charge in [0.15, 0.2) is 0 Å². The minimum Gasteiger partial charge on any atom is -0.485 e. The van der Waals surface area contributed by atoms with E-state index in [0.29, 0.717) is 41.5 Å². The van der Waals surface area contributed by atoms with Crippen molar-refractivity contribution in [2.75, 3.05) is 6.54 Å². The summed E-state index contributed by atoms with van der Waals surface area (Å²) in [5, 5.41) is 6.74. The molecule has 1 aliphatic rings. The Hall–Kier alpha value is -1.50. The molecular formula is C17H19Cl2N3O2S. The van der Waals surface area contributed by atoms with Crippen LogP contribution in [0, 0.1) is 0 Å². The van der Waals surface area contributed by atoms with Gasteiger partial charge in [0.2, 0.25) is 0 Å². The molecule has 1 aliphatic carbocycles. The molecule has 1 aromatic heterocycles. The number of nitrogens with one attached hydrogen (secondary N) is 1. The molecule has 1 saturated carbocycles. The van der Waals surface area contributed by atoms with Crippen LogP contribution in [0.4, 0.5) is 4.79 Å². The molecule has 134 valence electrons. The maximum atomic E-state index is 12.2. The minimum absolute atomic E-state index is 0.0264. The Morgan fingerprint density at radius 2 is 2.24 bits per heavy atom. The van der Waals surface area contributed by atoms with Crippen LogP contribution in [0.5, 0.6) is 5.75 Å². The van der Waals surface area contributed by atoms with Gasteiger partial charge in [-0.15, -0.1) is 11.3 Å². The number of carbonyl (C=O) groups excluding carboxylic acids is 1. The van der Waals surface area contributed by atoms with Gasteiger partial charge in [0.25, 0.3) is 0 Å². The van der Waals surface area contributed by atoms with E-state index < -0.39 is 0 Å². The van der Waals surface area contributed by atoms with Crippen molar-refractivity contribution in [2.45, 2.75) is 39.0 Å². The largest absolute Gasteiger partial charge is 0.485 e. The minimum atomic E-state index is -0.0264. The van der Waals surface area contributed by atoms with E-state index in [-0.39, 0.29) is 6.03 Å². The summed E-state index contributed by atoms with van der Waals surface area (Å²) < 4.78 is 5.71. The van der Waals surface area contributed by atoms with Gasteiger partial charge in [-0.1, -0.05) is 23.2 Å². The van der Waals surface area contributed by atoms with Crippen molar-refractivity contribution in [3.05, 3.63) is 44.3 Å². The Morgan fingerprint density at radius 1 is 1.44 bits per heavy atom. The van der Waals surface area contributed by atoms with Gasteiger partial charge in [0.05, 0.1) is 17.3 Å². The molecule has 0 atom stereocenters. The third kappa shape index (κ3) is 5.00. The predicted molar refractivity (Wildman–Crippen MR) is 101 cm³/mol. The molecule has 2 aromatic rings. The van der Waals surface area contributed by atoms with E-state index in [9.17, 15) is 4.79 Å². The van der Waals surface area contributed by atoms with Crippen LogP contribution < -0.4 is 10.1 Å². The molecule has 0 bridgehead atoms. The van der Waals surface area contributed by atoms with Crippen molar-refractivity contribution in [1.29, 1.82) is 0 Å². The maximum Gasteiger partial charge on any atom is 0.317 e. The molecule has 0 aliphatic heterocycles. The Balaban J connectivity index is 1.60. The molecule has 8 heteroatoms. The summed E-state index contributed by atoms with van der Waals surface area (Å²) in [4.78, 5) is 18.6. The van der Waals surface area contributed by atoms with Crippen molar-refractivity contribution >= 4 is 40.6 Å². The fourth-order valence-electron chi connectivity index (χ4n) is 2.40. The van der Waals surface area contributed by atoms with Gasteiger partial charge in [-0.2, -0.15) is 0 Å². The number of benzene rings is 1. The van der Waals surface area contributed by atoms with Crippen LogP contribution in [0.1, 0.15) is 30.5 Å². The van der Waals surface area contributed by atoms with Gasteiger partial charge < -0.3 is 15.0 Å². The van der Waals surface area contributed by atoms with Gasteiger partial charge in [0.1, 0.15) is 17.4 Å². The van der Waals surface area contributed by atoms with Crippen LogP contribution in [0.3, 0.4) is 0 Å². The number of amides is 2. The summed E-state index contributed by atoms with van der Waals surface area (Å²) in [7, 11) is 0. The van der Waals surface area contributed by atoms with E-state index in [1.165, 1.54) is 11.3 Å². The Labute approximate surface area is 160 Å². The Bertz CT molecular complexity index is 749. The van der Waals surface area contributed by atoms with Crippen LogP contribution in [-0.2, 0) is 13.2 Å². The van der Waals surface area contributed by atoms with Crippen LogP contribution in [0.2, 0.25) is 10.0 Å². The van der Waals surface area contributed by atoms with Crippen molar-refractivity contribution in [3.63, 3.8) is 0 Å². The second kappa shape index (κ2) is 8.25. The van der Waals surface area contributed by atoms with Gasteiger partial charge >= 0.3 is 6.03 Å². The highest BCUT2D eigenvalue weighted by atomic mass is 35.5. The smallest absolute Gasteiger partial charge is 0.317 e. The molecule has 25 heavy (non-hydrogen) atoms. The zero-order valence-electron chi connectivity index (χ0n) is 13.8. The van der Waals surface area contributed by atoms with Crippen LogP contribution in [0.25, 0.3) is 0 Å². The van der Waals surface area contributed by atoms with E-state index in [2.05, 4.69) is 10.3 Å². The number of carbonyl (C=O) groups is 1. The van der Waals surface area contributed by atoms with Crippen molar-refractivity contribution < 1.29 is 9.53 Å². The molecule has 1 aromatic carbocycles. The summed E-state index contributed by atoms with van der Waals surface area (Å²) in [6, 6.07) is 5.40. The number of ether oxygens (including phenoxy) is 1. The van der Waals surface area contributed by atoms with Gasteiger partial charge in [0, 0.05) is 29.1 Å². The molecule has 1 N–H and O–H groups in total. The number of hydrogen-bond donors (Lipinski definition) is 1. The molecule has 3 rings (SSSR count). The molecule has 0 spiro atoms. The number of rotatable bonds is 7. The molecule has 0 saturated heterocycles. The Morgan fingerprint density at radius 3 is 2.96 bits per heavy atom. The van der Waals surface area contributed by atoms with Crippen LogP contribution >= 0.6 is 34.5 Å². The summed E-state index contributed by atoms with van der Waals surface area (Å²) in [5.74, 6) is 0.535. The van der Waals surface area contributed by atoms with Crippen molar-refractivity contribution in [1.82, 2.24) is 15.2 Å². The normalized spacial score (nSPS) is 13.6. The number of thiazole rings is 1. The van der Waals surface area contributed by atoms with E-state index in [0.717, 1.165) is 23.5 Å². The monoisotopic (exact) mass is 399 g/mol. The van der Waals surface area contributed by atoms with Gasteiger partial charge in [-0.25, -0.2) is 9.78 Å². The molecule has 0 unspecified atom stereocenters. The van der Waals surface area contributed by atoms with Crippen LogP contribution in [-0.4, -0.2) is 28.5 Å². The van der Waals surface area contributed by atoms with Crippen molar-refractivity contribution in [3.8, 4) is 5.75 Å². The van der Waals surface area contributed by atoms with E-state index in [1.807, 2.05) is 17.2 Å². The first-order valence-corrected chi connectivity index (χ1v) is 9.76. The highest BCUT2D eigenvalue weighted by molar-refractivity contribution is 7.09. The maximum absolute atomic E-state index is 12.2. The molecule has 5 nitrogen and oxygen atoms in total.